The van der Waals surface area contributed by atoms with Gasteiger partial charge in [0.15, 0.2) is 21.7 Å². The molecule has 3 aromatic rings. The molecule has 1 N–H and O–H groups in total. The second kappa shape index (κ2) is 7.63. The summed E-state index contributed by atoms with van der Waals surface area (Å²) in [6, 6.07) is 8.09. The van der Waals surface area contributed by atoms with Crippen molar-refractivity contribution in [3.8, 4) is 0 Å². The van der Waals surface area contributed by atoms with E-state index >= 15 is 0 Å². The highest BCUT2D eigenvalue weighted by atomic mass is 32.2. The van der Waals surface area contributed by atoms with Crippen molar-refractivity contribution < 1.29 is 23.2 Å². The van der Waals surface area contributed by atoms with Gasteiger partial charge in [0.25, 0.3) is 0 Å². The summed E-state index contributed by atoms with van der Waals surface area (Å²) in [6.07, 6.45) is 0. The minimum absolute atomic E-state index is 0.217. The van der Waals surface area contributed by atoms with Crippen molar-refractivity contribution in [1.29, 1.82) is 0 Å². The molecule has 2 aromatic carbocycles. The van der Waals surface area contributed by atoms with Crippen molar-refractivity contribution in [2.24, 2.45) is 0 Å². The summed E-state index contributed by atoms with van der Waals surface area (Å²) >= 11 is -0.154. The highest BCUT2D eigenvalue weighted by molar-refractivity contribution is 7.89. The lowest BCUT2D eigenvalue weighted by Gasteiger charge is -2.33. The highest BCUT2D eigenvalue weighted by Crippen LogP contribution is 2.31. The summed E-state index contributed by atoms with van der Waals surface area (Å²) in [5.41, 5.74) is 0.951. The van der Waals surface area contributed by atoms with Gasteiger partial charge in [0.05, 0.1) is 40.2 Å². The predicted octanol–water partition coefficient (Wildman–Crippen LogP) is 3.12. The van der Waals surface area contributed by atoms with Crippen LogP contribution < -0.4 is 4.90 Å². The molecule has 1 atom stereocenters. The second-order valence-corrected chi connectivity index (χ2v) is 8.72. The van der Waals surface area contributed by atoms with E-state index < -0.39 is 29.0 Å². The van der Waals surface area contributed by atoms with Crippen molar-refractivity contribution >= 4 is 44.0 Å². The van der Waals surface area contributed by atoms with Crippen LogP contribution in [-0.4, -0.2) is 51.1 Å². The fourth-order valence-corrected chi connectivity index (χ4v) is 5.20. The normalized spacial score (nSPS) is 16.5. The van der Waals surface area contributed by atoms with Crippen LogP contribution in [0.3, 0.4) is 0 Å². The third kappa shape index (κ3) is 3.68. The molecule has 10 heteroatoms. The van der Waals surface area contributed by atoms with Crippen molar-refractivity contribution in [3.05, 3.63) is 53.6 Å². The van der Waals surface area contributed by atoms with Crippen LogP contribution in [0.25, 0.3) is 10.2 Å². The Hall–Kier alpha value is -2.27. The van der Waals surface area contributed by atoms with E-state index in [1.54, 1.807) is 16.4 Å². The molecule has 4 rings (SSSR count). The summed E-state index contributed by atoms with van der Waals surface area (Å²) in [4.78, 5) is 17.9. The molecular weight excluding hydrogens is 408 g/mol. The monoisotopic (exact) mass is 423 g/mol. The van der Waals surface area contributed by atoms with E-state index in [1.165, 1.54) is 23.5 Å². The molecule has 0 saturated carbocycles. The average Bonchev–Trinajstić information content (AvgIpc) is 3.13. The molecule has 0 bridgehead atoms. The maximum atomic E-state index is 13.4. The van der Waals surface area contributed by atoms with Gasteiger partial charge in [-0.25, -0.2) is 18.6 Å². The maximum Gasteiger partial charge on any atom is 0.335 e. The lowest BCUT2D eigenvalue weighted by Crippen LogP contribution is -2.48. The smallest absolute Gasteiger partial charge is 0.335 e. The van der Waals surface area contributed by atoms with Gasteiger partial charge in [-0.2, -0.15) is 0 Å². The predicted molar refractivity (Wildman–Crippen MR) is 103 cm³/mol. The largest absolute Gasteiger partial charge is 0.593 e. The molecule has 1 saturated heterocycles. The molecule has 6 nitrogen and oxygen atoms in total. The first-order valence-corrected chi connectivity index (χ1v) is 10.4. The number of benzene rings is 2. The number of aromatic nitrogens is 1. The van der Waals surface area contributed by atoms with E-state index in [0.29, 0.717) is 26.2 Å². The summed E-state index contributed by atoms with van der Waals surface area (Å²) in [6.45, 7) is 2.09. The van der Waals surface area contributed by atoms with E-state index in [-0.39, 0.29) is 10.5 Å². The van der Waals surface area contributed by atoms with Gasteiger partial charge < -0.3 is 14.6 Å². The number of thiazole rings is 1. The summed E-state index contributed by atoms with van der Waals surface area (Å²) in [5, 5.41) is 9.88. The van der Waals surface area contributed by atoms with Gasteiger partial charge in [-0.3, -0.25) is 0 Å². The van der Waals surface area contributed by atoms with E-state index in [1.807, 2.05) is 4.90 Å². The Labute approximate surface area is 166 Å². The summed E-state index contributed by atoms with van der Waals surface area (Å²) in [7, 11) is 0. The molecule has 1 aromatic heterocycles. The SMILES string of the molecule is O=C(O)c1ccc2nc(N3CCN([S+]([O-])c4ccc(F)c(F)c4)CC3)sc2c1. The Balaban J connectivity index is 1.45. The minimum Gasteiger partial charge on any atom is -0.593 e. The number of halogens is 2. The number of anilines is 1. The zero-order chi connectivity index (χ0) is 19.8. The zero-order valence-electron chi connectivity index (χ0n) is 14.5. The van der Waals surface area contributed by atoms with E-state index in [2.05, 4.69) is 4.98 Å². The standard InChI is InChI=1S/C18H15F2N3O3S2/c19-13-3-2-12(10-14(13)20)28(26)23-7-5-22(6-8-23)18-21-15-4-1-11(17(24)25)9-16(15)27-18/h1-4,9-10H,5-8H2,(H,24,25). The van der Waals surface area contributed by atoms with Crippen molar-refractivity contribution in [2.45, 2.75) is 4.90 Å². The number of rotatable bonds is 4. The molecule has 0 radical (unpaired) electrons. The molecule has 0 amide bonds. The first-order chi connectivity index (χ1) is 13.4. The molecule has 28 heavy (non-hydrogen) atoms. The molecule has 1 fully saturated rings. The molecule has 1 aliphatic heterocycles. The molecule has 146 valence electrons. The second-order valence-electron chi connectivity index (χ2n) is 6.23. The van der Waals surface area contributed by atoms with Gasteiger partial charge in [0.1, 0.15) is 0 Å². The maximum absolute atomic E-state index is 13.4. The van der Waals surface area contributed by atoms with Crippen molar-refractivity contribution in [2.75, 3.05) is 31.1 Å². The lowest BCUT2D eigenvalue weighted by atomic mass is 10.2. The quantitative estimate of drug-likeness (QED) is 0.650. The van der Waals surface area contributed by atoms with Crippen molar-refractivity contribution in [1.82, 2.24) is 9.29 Å². The third-order valence-corrected chi connectivity index (χ3v) is 7.03. The van der Waals surface area contributed by atoms with Gasteiger partial charge in [0.2, 0.25) is 0 Å². The molecular formula is C18H15F2N3O3S2. The minimum atomic E-state index is -1.57. The van der Waals surface area contributed by atoms with Crippen LogP contribution in [0, 0.1) is 11.6 Å². The molecule has 0 aliphatic carbocycles. The summed E-state index contributed by atoms with van der Waals surface area (Å²) in [5.74, 6) is -2.96. The molecule has 1 unspecified atom stereocenters. The fourth-order valence-electron chi connectivity index (χ4n) is 2.96. The number of hydrogen-bond donors (Lipinski definition) is 1. The number of piperazine rings is 1. The Bertz CT molecular complexity index is 1040. The Morgan fingerprint density at radius 3 is 2.54 bits per heavy atom. The van der Waals surface area contributed by atoms with Gasteiger partial charge in [0, 0.05) is 19.2 Å². The van der Waals surface area contributed by atoms with Crippen LogP contribution in [0.1, 0.15) is 10.4 Å². The molecule has 0 spiro atoms. The summed E-state index contributed by atoms with van der Waals surface area (Å²) < 4.78 is 41.6. The number of fused-ring (bicyclic) bond motifs is 1. The van der Waals surface area contributed by atoms with Gasteiger partial charge in [-0.15, -0.1) is 4.31 Å². The number of carboxylic acid groups (broad SMARTS) is 1. The van der Waals surface area contributed by atoms with E-state index in [0.717, 1.165) is 27.5 Å². The van der Waals surface area contributed by atoms with Gasteiger partial charge >= 0.3 is 5.97 Å². The number of aromatic carboxylic acids is 1. The van der Waals surface area contributed by atoms with E-state index in [9.17, 15) is 18.1 Å². The van der Waals surface area contributed by atoms with Crippen LogP contribution in [0.15, 0.2) is 41.3 Å². The van der Waals surface area contributed by atoms with Crippen LogP contribution in [0.5, 0.6) is 0 Å². The topological polar surface area (TPSA) is 79.7 Å². The zero-order valence-corrected chi connectivity index (χ0v) is 16.1. The number of carboxylic acids is 1. The average molecular weight is 423 g/mol. The Morgan fingerprint density at radius 1 is 1.11 bits per heavy atom. The van der Waals surface area contributed by atoms with Crippen LogP contribution in [0.4, 0.5) is 13.9 Å². The number of hydrogen-bond acceptors (Lipinski definition) is 6. The van der Waals surface area contributed by atoms with Gasteiger partial charge in [-0.05, 0) is 30.3 Å². The first kappa shape index (κ1) is 19.1. The van der Waals surface area contributed by atoms with Gasteiger partial charge in [-0.1, -0.05) is 11.3 Å². The number of nitrogens with zero attached hydrogens (tertiary/aromatic N) is 3. The number of carbonyl (C=O) groups is 1. The Morgan fingerprint density at radius 2 is 1.86 bits per heavy atom. The first-order valence-electron chi connectivity index (χ1n) is 8.43. The van der Waals surface area contributed by atoms with Crippen LogP contribution in [0.2, 0.25) is 0 Å². The van der Waals surface area contributed by atoms with Crippen molar-refractivity contribution in [3.63, 3.8) is 0 Å². The molecule has 1 aliphatic rings. The highest BCUT2D eigenvalue weighted by Gasteiger charge is 2.29. The third-order valence-electron chi connectivity index (χ3n) is 4.46. The van der Waals surface area contributed by atoms with Crippen LogP contribution >= 0.6 is 11.3 Å². The van der Waals surface area contributed by atoms with E-state index in [4.69, 9.17) is 5.11 Å². The lowest BCUT2D eigenvalue weighted by molar-refractivity contribution is 0.0697. The fraction of sp³-hybridized carbons (Fsp3) is 0.222. The van der Waals surface area contributed by atoms with Crippen LogP contribution in [-0.2, 0) is 11.4 Å². The molecule has 2 heterocycles. The Kier molecular flexibility index (Phi) is 5.19.